The highest BCUT2D eigenvalue weighted by Crippen LogP contribution is 2.32. The Morgan fingerprint density at radius 2 is 1.90 bits per heavy atom. The van der Waals surface area contributed by atoms with Crippen LogP contribution in [0.25, 0.3) is 11.4 Å². The topological polar surface area (TPSA) is 93.2 Å². The van der Waals surface area contributed by atoms with Crippen LogP contribution in [0.4, 0.5) is 5.69 Å². The van der Waals surface area contributed by atoms with Crippen molar-refractivity contribution in [3.8, 4) is 17.1 Å². The number of benzene rings is 1. The van der Waals surface area contributed by atoms with Crippen molar-refractivity contribution in [2.45, 2.75) is 20.4 Å². The zero-order chi connectivity index (χ0) is 20.8. The summed E-state index contributed by atoms with van der Waals surface area (Å²) in [5.41, 5.74) is 2.40. The number of methoxy groups -OCH3 is 1. The number of rotatable bonds is 7. The molecule has 7 nitrogen and oxygen atoms in total. The second-order valence-corrected chi connectivity index (χ2v) is 7.40. The molecular formula is C21H22N4O3S. The van der Waals surface area contributed by atoms with Gasteiger partial charge in [-0.2, -0.15) is 4.37 Å². The number of pyridine rings is 1. The van der Waals surface area contributed by atoms with Crippen LogP contribution in [0.15, 0.2) is 48.7 Å². The lowest BCUT2D eigenvalue weighted by Gasteiger charge is -2.11. The zero-order valence-electron chi connectivity index (χ0n) is 16.4. The number of carbonyl (C=O) groups is 2. The molecule has 0 fully saturated rings. The lowest BCUT2D eigenvalue weighted by Crippen LogP contribution is -2.25. The summed E-state index contributed by atoms with van der Waals surface area (Å²) in [6.45, 7) is 3.93. The fraction of sp³-hybridized carbons (Fsp3) is 0.238. The summed E-state index contributed by atoms with van der Waals surface area (Å²) in [6.07, 6.45) is 1.64. The van der Waals surface area contributed by atoms with Crippen molar-refractivity contribution in [3.63, 3.8) is 0 Å². The Balaban J connectivity index is 1.83. The number of amides is 2. The predicted octanol–water partition coefficient (Wildman–Crippen LogP) is 3.74. The molecule has 0 atom stereocenters. The molecule has 2 amide bonds. The van der Waals surface area contributed by atoms with Gasteiger partial charge in [-0.15, -0.1) is 0 Å². The van der Waals surface area contributed by atoms with Gasteiger partial charge in [0.25, 0.3) is 5.91 Å². The summed E-state index contributed by atoms with van der Waals surface area (Å²) >= 11 is 1.04. The van der Waals surface area contributed by atoms with Crippen molar-refractivity contribution in [2.75, 3.05) is 12.4 Å². The molecule has 0 aliphatic rings. The van der Waals surface area contributed by atoms with Gasteiger partial charge in [0.15, 0.2) is 0 Å². The molecule has 0 aliphatic heterocycles. The molecule has 8 heteroatoms. The first-order chi connectivity index (χ1) is 14.0. The van der Waals surface area contributed by atoms with Crippen molar-refractivity contribution >= 4 is 29.0 Å². The van der Waals surface area contributed by atoms with Gasteiger partial charge in [-0.3, -0.25) is 14.6 Å². The summed E-state index contributed by atoms with van der Waals surface area (Å²) in [6, 6.07) is 12.9. The molecule has 2 aromatic heterocycles. The molecule has 1 aromatic carbocycles. The lowest BCUT2D eigenvalue weighted by molar-refractivity contribution is -0.118. The SMILES string of the molecule is COc1ccc(CNC(=O)c2snc(-c3ccccn3)c2NC(=O)C(C)C)cc1. The van der Waals surface area contributed by atoms with Crippen LogP contribution >= 0.6 is 11.5 Å². The third-order valence-electron chi connectivity index (χ3n) is 4.19. The maximum atomic E-state index is 12.8. The maximum Gasteiger partial charge on any atom is 0.265 e. The molecule has 0 aliphatic carbocycles. The number of anilines is 1. The number of nitrogens with zero attached hydrogens (tertiary/aromatic N) is 2. The molecule has 3 rings (SSSR count). The van der Waals surface area contributed by atoms with Gasteiger partial charge in [-0.1, -0.05) is 32.0 Å². The van der Waals surface area contributed by atoms with E-state index in [1.807, 2.05) is 30.3 Å². The van der Waals surface area contributed by atoms with E-state index in [9.17, 15) is 9.59 Å². The number of aromatic nitrogens is 2. The van der Waals surface area contributed by atoms with E-state index in [4.69, 9.17) is 4.74 Å². The highest BCUT2D eigenvalue weighted by atomic mass is 32.1. The molecule has 0 radical (unpaired) electrons. The fourth-order valence-electron chi connectivity index (χ4n) is 2.51. The summed E-state index contributed by atoms with van der Waals surface area (Å²) in [7, 11) is 1.60. The van der Waals surface area contributed by atoms with E-state index >= 15 is 0 Å². The van der Waals surface area contributed by atoms with E-state index in [1.54, 1.807) is 39.3 Å². The van der Waals surface area contributed by atoms with Gasteiger partial charge in [0.1, 0.15) is 16.3 Å². The van der Waals surface area contributed by atoms with Gasteiger partial charge < -0.3 is 15.4 Å². The fourth-order valence-corrected chi connectivity index (χ4v) is 3.27. The van der Waals surface area contributed by atoms with E-state index in [1.165, 1.54) is 0 Å². The molecule has 0 saturated carbocycles. The number of hydrogen-bond donors (Lipinski definition) is 2. The van der Waals surface area contributed by atoms with Crippen LogP contribution in [0.5, 0.6) is 5.75 Å². The quantitative estimate of drug-likeness (QED) is 0.619. The largest absolute Gasteiger partial charge is 0.497 e. The van der Waals surface area contributed by atoms with Crippen LogP contribution in [0, 0.1) is 5.92 Å². The van der Waals surface area contributed by atoms with Crippen molar-refractivity contribution in [1.82, 2.24) is 14.7 Å². The summed E-state index contributed by atoms with van der Waals surface area (Å²) in [5, 5.41) is 5.72. The van der Waals surface area contributed by atoms with E-state index in [-0.39, 0.29) is 17.7 Å². The van der Waals surface area contributed by atoms with Crippen LogP contribution in [-0.2, 0) is 11.3 Å². The highest BCUT2D eigenvalue weighted by molar-refractivity contribution is 7.09. The van der Waals surface area contributed by atoms with Gasteiger partial charge in [0.05, 0.1) is 18.5 Å². The summed E-state index contributed by atoms with van der Waals surface area (Å²) < 4.78 is 9.53. The Morgan fingerprint density at radius 1 is 1.14 bits per heavy atom. The monoisotopic (exact) mass is 410 g/mol. The van der Waals surface area contributed by atoms with Gasteiger partial charge in [-0.25, -0.2) is 0 Å². The number of nitrogens with one attached hydrogen (secondary N) is 2. The smallest absolute Gasteiger partial charge is 0.265 e. The second-order valence-electron chi connectivity index (χ2n) is 6.62. The Labute approximate surface area is 173 Å². The van der Waals surface area contributed by atoms with Gasteiger partial charge in [0, 0.05) is 18.7 Å². The third kappa shape index (κ3) is 4.97. The minimum absolute atomic E-state index is 0.188. The predicted molar refractivity (Wildman–Crippen MR) is 113 cm³/mol. The van der Waals surface area contributed by atoms with E-state index in [0.29, 0.717) is 28.5 Å². The first-order valence-corrected chi connectivity index (χ1v) is 9.90. The Bertz CT molecular complexity index is 985. The van der Waals surface area contributed by atoms with E-state index in [2.05, 4.69) is 20.0 Å². The zero-order valence-corrected chi connectivity index (χ0v) is 17.2. The van der Waals surface area contributed by atoms with Gasteiger partial charge in [-0.05, 0) is 41.4 Å². The Kier molecular flexibility index (Phi) is 6.56. The van der Waals surface area contributed by atoms with Gasteiger partial charge >= 0.3 is 0 Å². The number of hydrogen-bond acceptors (Lipinski definition) is 6. The molecule has 2 heterocycles. The molecule has 0 unspecified atom stereocenters. The highest BCUT2D eigenvalue weighted by Gasteiger charge is 2.24. The molecular weight excluding hydrogens is 388 g/mol. The normalized spacial score (nSPS) is 10.6. The second kappa shape index (κ2) is 9.29. The van der Waals surface area contributed by atoms with E-state index in [0.717, 1.165) is 22.8 Å². The first-order valence-electron chi connectivity index (χ1n) is 9.12. The molecule has 0 spiro atoms. The number of carbonyl (C=O) groups excluding carboxylic acids is 2. The average Bonchev–Trinajstić information content (AvgIpc) is 3.16. The lowest BCUT2D eigenvalue weighted by atomic mass is 10.1. The molecule has 0 saturated heterocycles. The van der Waals surface area contributed by atoms with Crippen LogP contribution in [-0.4, -0.2) is 28.3 Å². The van der Waals surface area contributed by atoms with Crippen molar-refractivity contribution < 1.29 is 14.3 Å². The van der Waals surface area contributed by atoms with Crippen LogP contribution in [0.1, 0.15) is 29.1 Å². The number of ether oxygens (including phenoxy) is 1. The Morgan fingerprint density at radius 3 is 2.52 bits per heavy atom. The minimum atomic E-state index is -0.306. The van der Waals surface area contributed by atoms with Crippen LogP contribution < -0.4 is 15.4 Å². The van der Waals surface area contributed by atoms with E-state index < -0.39 is 0 Å². The molecule has 3 aromatic rings. The van der Waals surface area contributed by atoms with Crippen molar-refractivity contribution in [3.05, 3.63) is 59.1 Å². The molecule has 29 heavy (non-hydrogen) atoms. The maximum absolute atomic E-state index is 12.8. The van der Waals surface area contributed by atoms with Crippen LogP contribution in [0.3, 0.4) is 0 Å². The summed E-state index contributed by atoms with van der Waals surface area (Å²) in [4.78, 5) is 29.8. The standard InChI is InChI=1S/C21H22N4O3S/c1-13(2)20(26)24-18-17(16-6-4-5-11-22-16)25-29-19(18)21(27)23-12-14-7-9-15(28-3)10-8-14/h4-11,13H,12H2,1-3H3,(H,23,27)(H,24,26). The molecule has 0 bridgehead atoms. The van der Waals surface area contributed by atoms with Crippen molar-refractivity contribution in [1.29, 1.82) is 0 Å². The molecule has 2 N–H and O–H groups in total. The van der Waals surface area contributed by atoms with Gasteiger partial charge in [0.2, 0.25) is 5.91 Å². The summed E-state index contributed by atoms with van der Waals surface area (Å²) in [5.74, 6) is 0.0223. The molecule has 150 valence electrons. The minimum Gasteiger partial charge on any atom is -0.497 e. The first kappa shape index (κ1) is 20.5. The average molecular weight is 410 g/mol. The third-order valence-corrected chi connectivity index (χ3v) is 5.04. The van der Waals surface area contributed by atoms with Crippen LogP contribution in [0.2, 0.25) is 0 Å². The van der Waals surface area contributed by atoms with Crippen molar-refractivity contribution in [2.24, 2.45) is 5.92 Å². The Hall–Kier alpha value is -3.26.